The molecule has 2 nitrogen and oxygen atoms in total. The Hall–Kier alpha value is -0.670. The SMILES string of the molecule is Cc1cc(C)cc(CS(=O)CCC(C)(C)CN)c1. The van der Waals surface area contributed by atoms with Crippen LogP contribution in [0.4, 0.5) is 0 Å². The Labute approximate surface area is 113 Å². The van der Waals surface area contributed by atoms with Crippen LogP contribution in [0, 0.1) is 19.3 Å². The second kappa shape index (κ2) is 6.48. The number of aryl methyl sites for hydroxylation is 2. The number of nitrogens with two attached hydrogens (primary N) is 1. The van der Waals surface area contributed by atoms with E-state index in [0.717, 1.165) is 12.2 Å². The van der Waals surface area contributed by atoms with Crippen LogP contribution >= 0.6 is 0 Å². The molecule has 0 bridgehead atoms. The first-order valence-electron chi connectivity index (χ1n) is 6.44. The second-order valence-electron chi connectivity index (χ2n) is 5.90. The van der Waals surface area contributed by atoms with E-state index >= 15 is 0 Å². The summed E-state index contributed by atoms with van der Waals surface area (Å²) in [5.41, 5.74) is 9.44. The molecule has 0 aliphatic carbocycles. The zero-order chi connectivity index (χ0) is 13.8. The van der Waals surface area contributed by atoms with Gasteiger partial charge in [0.05, 0.1) is 0 Å². The first-order chi connectivity index (χ1) is 8.32. The molecule has 0 saturated carbocycles. The van der Waals surface area contributed by atoms with Crippen LogP contribution in [0.25, 0.3) is 0 Å². The highest BCUT2D eigenvalue weighted by molar-refractivity contribution is 7.84. The van der Waals surface area contributed by atoms with Crippen LogP contribution in [0.5, 0.6) is 0 Å². The summed E-state index contributed by atoms with van der Waals surface area (Å²) < 4.78 is 12.1. The molecule has 102 valence electrons. The van der Waals surface area contributed by atoms with Gasteiger partial charge >= 0.3 is 0 Å². The molecule has 3 heteroatoms. The molecule has 1 aromatic rings. The van der Waals surface area contributed by atoms with E-state index in [1.807, 2.05) is 0 Å². The third kappa shape index (κ3) is 5.32. The maximum absolute atomic E-state index is 12.1. The van der Waals surface area contributed by atoms with Gasteiger partial charge in [0.15, 0.2) is 0 Å². The predicted molar refractivity (Wildman–Crippen MR) is 80.1 cm³/mol. The summed E-state index contributed by atoms with van der Waals surface area (Å²) in [6.45, 7) is 9.06. The smallest absolute Gasteiger partial charge is 0.0485 e. The average molecular weight is 267 g/mol. The van der Waals surface area contributed by atoms with Crippen molar-refractivity contribution in [2.75, 3.05) is 12.3 Å². The maximum Gasteiger partial charge on any atom is 0.0485 e. The van der Waals surface area contributed by atoms with Crippen molar-refractivity contribution in [3.8, 4) is 0 Å². The monoisotopic (exact) mass is 267 g/mol. The highest BCUT2D eigenvalue weighted by atomic mass is 32.2. The molecule has 0 saturated heterocycles. The van der Waals surface area contributed by atoms with Crippen molar-refractivity contribution < 1.29 is 4.21 Å². The van der Waals surface area contributed by atoms with Crippen molar-refractivity contribution in [1.82, 2.24) is 0 Å². The van der Waals surface area contributed by atoms with Crippen LogP contribution in [0.3, 0.4) is 0 Å². The molecular weight excluding hydrogens is 242 g/mol. The van der Waals surface area contributed by atoms with Crippen LogP contribution in [-0.2, 0) is 16.6 Å². The Morgan fingerprint density at radius 1 is 1.17 bits per heavy atom. The van der Waals surface area contributed by atoms with E-state index in [0.29, 0.717) is 12.3 Å². The molecule has 1 rings (SSSR count). The van der Waals surface area contributed by atoms with Crippen LogP contribution in [0.2, 0.25) is 0 Å². The lowest BCUT2D eigenvalue weighted by atomic mass is 9.91. The summed E-state index contributed by atoms with van der Waals surface area (Å²) >= 11 is 0. The Morgan fingerprint density at radius 2 is 1.72 bits per heavy atom. The van der Waals surface area contributed by atoms with Gasteiger partial charge in [-0.1, -0.05) is 43.2 Å². The Bertz CT molecular complexity index is 406. The van der Waals surface area contributed by atoms with Crippen LogP contribution in [-0.4, -0.2) is 16.5 Å². The number of rotatable bonds is 6. The minimum Gasteiger partial charge on any atom is -0.330 e. The molecule has 0 aromatic heterocycles. The van der Waals surface area contributed by atoms with Crippen molar-refractivity contribution in [3.05, 3.63) is 34.9 Å². The van der Waals surface area contributed by atoms with Gasteiger partial charge in [-0.3, -0.25) is 4.21 Å². The third-order valence-corrected chi connectivity index (χ3v) is 4.48. The van der Waals surface area contributed by atoms with Crippen molar-refractivity contribution in [3.63, 3.8) is 0 Å². The van der Waals surface area contributed by atoms with Crippen LogP contribution in [0.1, 0.15) is 37.0 Å². The van der Waals surface area contributed by atoms with E-state index in [-0.39, 0.29) is 5.41 Å². The van der Waals surface area contributed by atoms with E-state index in [9.17, 15) is 4.21 Å². The van der Waals surface area contributed by atoms with Crippen LogP contribution < -0.4 is 5.73 Å². The van der Waals surface area contributed by atoms with E-state index in [1.165, 1.54) is 16.7 Å². The van der Waals surface area contributed by atoms with Gasteiger partial charge < -0.3 is 5.73 Å². The zero-order valence-electron chi connectivity index (χ0n) is 12.0. The summed E-state index contributed by atoms with van der Waals surface area (Å²) in [6.07, 6.45) is 0.918. The van der Waals surface area contributed by atoms with Crippen molar-refractivity contribution >= 4 is 10.8 Å². The van der Waals surface area contributed by atoms with E-state index in [1.54, 1.807) is 0 Å². The molecule has 2 N–H and O–H groups in total. The molecule has 0 fully saturated rings. The summed E-state index contributed by atoms with van der Waals surface area (Å²) in [7, 11) is -0.791. The fourth-order valence-corrected chi connectivity index (χ4v) is 3.37. The lowest BCUT2D eigenvalue weighted by Gasteiger charge is -2.21. The van der Waals surface area contributed by atoms with Gasteiger partial charge in [-0.15, -0.1) is 0 Å². The minimum atomic E-state index is -0.791. The summed E-state index contributed by atoms with van der Waals surface area (Å²) in [5, 5.41) is 0. The summed E-state index contributed by atoms with van der Waals surface area (Å²) in [4.78, 5) is 0. The van der Waals surface area contributed by atoms with Gasteiger partial charge in [-0.2, -0.15) is 0 Å². The number of hydrogen-bond donors (Lipinski definition) is 1. The highest BCUT2D eigenvalue weighted by Gasteiger charge is 2.16. The third-order valence-electron chi connectivity index (χ3n) is 3.17. The van der Waals surface area contributed by atoms with E-state index in [4.69, 9.17) is 5.73 Å². The molecular formula is C15H25NOS. The lowest BCUT2D eigenvalue weighted by Crippen LogP contribution is -2.25. The average Bonchev–Trinajstić information content (AvgIpc) is 2.25. The van der Waals surface area contributed by atoms with Gasteiger partial charge in [-0.05, 0) is 37.8 Å². The van der Waals surface area contributed by atoms with Crippen molar-refractivity contribution in [1.29, 1.82) is 0 Å². The number of hydrogen-bond acceptors (Lipinski definition) is 2. The largest absolute Gasteiger partial charge is 0.330 e. The molecule has 0 aliphatic rings. The molecule has 1 atom stereocenters. The standard InChI is InChI=1S/C15H25NOS/c1-12-7-13(2)9-14(8-12)10-18(17)6-5-15(3,4)11-16/h7-9H,5-6,10-11,16H2,1-4H3. The predicted octanol–water partition coefficient (Wildman–Crippen LogP) is 2.93. The first-order valence-corrected chi connectivity index (χ1v) is 7.93. The maximum atomic E-state index is 12.1. The fraction of sp³-hybridized carbons (Fsp3) is 0.600. The molecule has 0 aliphatic heterocycles. The molecule has 1 aromatic carbocycles. The highest BCUT2D eigenvalue weighted by Crippen LogP contribution is 2.19. The van der Waals surface area contributed by atoms with Crippen molar-refractivity contribution in [2.45, 2.75) is 39.9 Å². The van der Waals surface area contributed by atoms with Gasteiger partial charge in [0.2, 0.25) is 0 Å². The van der Waals surface area contributed by atoms with E-state index < -0.39 is 10.8 Å². The first kappa shape index (κ1) is 15.4. The summed E-state index contributed by atoms with van der Waals surface area (Å²) in [5.74, 6) is 1.39. The molecule has 18 heavy (non-hydrogen) atoms. The fourth-order valence-electron chi connectivity index (χ4n) is 1.90. The Morgan fingerprint density at radius 3 is 2.22 bits per heavy atom. The topological polar surface area (TPSA) is 43.1 Å². The second-order valence-corrected chi connectivity index (χ2v) is 7.48. The Kier molecular flexibility index (Phi) is 5.54. The van der Waals surface area contributed by atoms with Crippen molar-refractivity contribution in [2.24, 2.45) is 11.1 Å². The molecule has 0 radical (unpaired) electrons. The van der Waals surface area contributed by atoms with Gasteiger partial charge in [0, 0.05) is 22.3 Å². The van der Waals surface area contributed by atoms with E-state index in [2.05, 4.69) is 45.9 Å². The molecule has 0 amide bonds. The Balaban J connectivity index is 2.55. The molecule has 0 heterocycles. The van der Waals surface area contributed by atoms with Gasteiger partial charge in [0.1, 0.15) is 0 Å². The zero-order valence-corrected chi connectivity index (χ0v) is 12.8. The summed E-state index contributed by atoms with van der Waals surface area (Å²) in [6, 6.07) is 6.39. The van der Waals surface area contributed by atoms with Gasteiger partial charge in [-0.25, -0.2) is 0 Å². The lowest BCUT2D eigenvalue weighted by molar-refractivity contribution is 0.367. The quantitative estimate of drug-likeness (QED) is 0.861. The minimum absolute atomic E-state index is 0.0954. The number of benzene rings is 1. The normalized spacial score (nSPS) is 13.6. The van der Waals surface area contributed by atoms with Crippen LogP contribution in [0.15, 0.2) is 18.2 Å². The van der Waals surface area contributed by atoms with Gasteiger partial charge in [0.25, 0.3) is 0 Å². The molecule has 1 unspecified atom stereocenters. The molecule has 0 spiro atoms.